The number of nitrogens with two attached hydrogens (primary N) is 1. The molecule has 0 bridgehead atoms. The fraction of sp³-hybridized carbons (Fsp3) is 0.600. The van der Waals surface area contributed by atoms with Crippen LogP contribution >= 0.6 is 0 Å². The lowest BCUT2D eigenvalue weighted by molar-refractivity contribution is 0.0833. The first-order chi connectivity index (χ1) is 8.61. The highest BCUT2D eigenvalue weighted by atomic mass is 15.3. The first-order valence-electron chi connectivity index (χ1n) is 6.92. The molecule has 2 rings (SSSR count). The van der Waals surface area contributed by atoms with Gasteiger partial charge in [-0.15, -0.1) is 0 Å². The Morgan fingerprint density at radius 2 is 2.11 bits per heavy atom. The van der Waals surface area contributed by atoms with Gasteiger partial charge in [-0.25, -0.2) is 0 Å². The molecule has 1 aromatic carbocycles. The number of nitrogens with zero attached hydrogens (tertiary/aromatic N) is 2. The van der Waals surface area contributed by atoms with Crippen LogP contribution in [0.2, 0.25) is 0 Å². The Hall–Kier alpha value is -1.06. The van der Waals surface area contributed by atoms with Crippen molar-refractivity contribution in [2.24, 2.45) is 0 Å². The van der Waals surface area contributed by atoms with E-state index in [9.17, 15) is 0 Å². The highest BCUT2D eigenvalue weighted by Gasteiger charge is 2.22. The Bertz CT molecular complexity index is 403. The van der Waals surface area contributed by atoms with E-state index in [-0.39, 0.29) is 0 Å². The van der Waals surface area contributed by atoms with E-state index in [1.54, 1.807) is 0 Å². The predicted octanol–water partition coefficient (Wildman–Crippen LogP) is 2.10. The monoisotopic (exact) mass is 247 g/mol. The van der Waals surface area contributed by atoms with Crippen LogP contribution in [0.4, 0.5) is 5.69 Å². The first kappa shape index (κ1) is 13.4. The summed E-state index contributed by atoms with van der Waals surface area (Å²) in [4.78, 5) is 5.08. The zero-order valence-electron chi connectivity index (χ0n) is 11.8. The number of hydrogen-bond acceptors (Lipinski definition) is 3. The average molecular weight is 247 g/mol. The molecular weight excluding hydrogens is 222 g/mol. The Morgan fingerprint density at radius 1 is 1.33 bits per heavy atom. The van der Waals surface area contributed by atoms with Gasteiger partial charge in [-0.2, -0.15) is 0 Å². The summed E-state index contributed by atoms with van der Waals surface area (Å²) in [5.41, 5.74) is 9.49. The van der Waals surface area contributed by atoms with Crippen molar-refractivity contribution in [2.45, 2.75) is 33.4 Å². The summed E-state index contributed by atoms with van der Waals surface area (Å²) in [6.45, 7) is 12.4. The largest absolute Gasteiger partial charge is 0.399 e. The van der Waals surface area contributed by atoms with Crippen molar-refractivity contribution in [2.75, 3.05) is 31.9 Å². The molecule has 1 aliphatic heterocycles. The van der Waals surface area contributed by atoms with E-state index < -0.39 is 0 Å². The fourth-order valence-electron chi connectivity index (χ4n) is 2.80. The Balaban J connectivity index is 2.00. The van der Waals surface area contributed by atoms with Gasteiger partial charge in [0.1, 0.15) is 0 Å². The normalized spacial score (nSPS) is 22.3. The molecule has 1 aromatic rings. The van der Waals surface area contributed by atoms with Crippen molar-refractivity contribution in [1.29, 1.82) is 0 Å². The highest BCUT2D eigenvalue weighted by Crippen LogP contribution is 2.19. The maximum Gasteiger partial charge on any atom is 0.0346 e. The van der Waals surface area contributed by atoms with Gasteiger partial charge in [0.05, 0.1) is 0 Å². The summed E-state index contributed by atoms with van der Waals surface area (Å²) in [5.74, 6) is 0. The van der Waals surface area contributed by atoms with Gasteiger partial charge in [0, 0.05) is 37.9 Å². The number of likely N-dealkylation sites (N-methyl/N-ethyl adjacent to an activating group) is 1. The van der Waals surface area contributed by atoms with E-state index in [1.807, 2.05) is 6.07 Å². The summed E-state index contributed by atoms with van der Waals surface area (Å²) < 4.78 is 0. The molecule has 0 amide bonds. The maximum absolute atomic E-state index is 5.97. The second-order valence-corrected chi connectivity index (χ2v) is 5.34. The van der Waals surface area contributed by atoms with Crippen LogP contribution in [0.15, 0.2) is 18.2 Å². The smallest absolute Gasteiger partial charge is 0.0346 e. The summed E-state index contributed by atoms with van der Waals surface area (Å²) in [6, 6.07) is 6.90. The number of anilines is 1. The molecule has 18 heavy (non-hydrogen) atoms. The summed E-state index contributed by atoms with van der Waals surface area (Å²) in [6.07, 6.45) is 0. The molecule has 1 saturated heterocycles. The van der Waals surface area contributed by atoms with Crippen LogP contribution < -0.4 is 5.73 Å². The zero-order chi connectivity index (χ0) is 13.1. The molecule has 3 nitrogen and oxygen atoms in total. The van der Waals surface area contributed by atoms with Crippen molar-refractivity contribution in [3.05, 3.63) is 29.3 Å². The highest BCUT2D eigenvalue weighted by molar-refractivity contribution is 5.49. The molecule has 1 aliphatic rings. The zero-order valence-corrected chi connectivity index (χ0v) is 11.8. The lowest BCUT2D eigenvalue weighted by atomic mass is 10.1. The van der Waals surface area contributed by atoms with Crippen molar-refractivity contribution < 1.29 is 0 Å². The number of hydrogen-bond donors (Lipinski definition) is 1. The van der Waals surface area contributed by atoms with E-state index in [4.69, 9.17) is 5.73 Å². The van der Waals surface area contributed by atoms with E-state index in [0.717, 1.165) is 31.9 Å². The first-order valence-corrected chi connectivity index (χ1v) is 6.92. The third-order valence-corrected chi connectivity index (χ3v) is 4.14. The molecule has 0 radical (unpaired) electrons. The third kappa shape index (κ3) is 2.85. The Kier molecular flexibility index (Phi) is 4.25. The van der Waals surface area contributed by atoms with Gasteiger partial charge in [0.2, 0.25) is 0 Å². The molecule has 0 aromatic heterocycles. The molecular formula is C15H25N3. The lowest BCUT2D eigenvalue weighted by Gasteiger charge is -2.39. The van der Waals surface area contributed by atoms with Crippen molar-refractivity contribution in [3.8, 4) is 0 Å². The van der Waals surface area contributed by atoms with E-state index in [0.29, 0.717) is 6.04 Å². The van der Waals surface area contributed by atoms with Crippen molar-refractivity contribution in [1.82, 2.24) is 9.80 Å². The van der Waals surface area contributed by atoms with Gasteiger partial charge in [0.15, 0.2) is 0 Å². The lowest BCUT2D eigenvalue weighted by Crippen LogP contribution is -2.51. The number of nitrogen functional groups attached to an aromatic ring is 1. The minimum atomic E-state index is 0.658. The molecule has 0 aliphatic carbocycles. The van der Waals surface area contributed by atoms with E-state index >= 15 is 0 Å². The van der Waals surface area contributed by atoms with Gasteiger partial charge in [-0.1, -0.05) is 19.1 Å². The second-order valence-electron chi connectivity index (χ2n) is 5.34. The minimum Gasteiger partial charge on any atom is -0.399 e. The molecule has 100 valence electrons. The summed E-state index contributed by atoms with van der Waals surface area (Å²) in [5, 5.41) is 0. The van der Waals surface area contributed by atoms with Gasteiger partial charge >= 0.3 is 0 Å². The Morgan fingerprint density at radius 3 is 2.78 bits per heavy atom. The Labute approximate surface area is 111 Å². The van der Waals surface area contributed by atoms with Gasteiger partial charge in [-0.3, -0.25) is 9.80 Å². The summed E-state index contributed by atoms with van der Waals surface area (Å²) in [7, 11) is 0. The van der Waals surface area contributed by atoms with Crippen LogP contribution in [0.3, 0.4) is 0 Å². The molecule has 1 heterocycles. The number of benzene rings is 1. The third-order valence-electron chi connectivity index (χ3n) is 4.14. The molecule has 0 spiro atoms. The molecule has 1 unspecified atom stereocenters. The van der Waals surface area contributed by atoms with E-state index in [2.05, 4.69) is 42.7 Å². The average Bonchev–Trinajstić information content (AvgIpc) is 2.35. The fourth-order valence-corrected chi connectivity index (χ4v) is 2.80. The summed E-state index contributed by atoms with van der Waals surface area (Å²) >= 11 is 0. The van der Waals surface area contributed by atoms with Gasteiger partial charge in [-0.05, 0) is 37.6 Å². The number of rotatable bonds is 3. The van der Waals surface area contributed by atoms with E-state index in [1.165, 1.54) is 17.7 Å². The second kappa shape index (κ2) is 5.72. The van der Waals surface area contributed by atoms with Crippen LogP contribution in [0, 0.1) is 6.92 Å². The minimum absolute atomic E-state index is 0.658. The standard InChI is InChI=1S/C15H25N3/c1-4-18-9-8-17(10-12(18)2)11-14-6-5-7-15(16)13(14)3/h5-7,12H,4,8-11,16H2,1-3H3. The molecule has 1 atom stereocenters. The van der Waals surface area contributed by atoms with Crippen LogP contribution in [0.25, 0.3) is 0 Å². The maximum atomic E-state index is 5.97. The van der Waals surface area contributed by atoms with Crippen LogP contribution in [0.1, 0.15) is 25.0 Å². The molecule has 2 N–H and O–H groups in total. The van der Waals surface area contributed by atoms with Gasteiger partial charge in [0.25, 0.3) is 0 Å². The van der Waals surface area contributed by atoms with Crippen LogP contribution in [0.5, 0.6) is 0 Å². The number of piperazine rings is 1. The van der Waals surface area contributed by atoms with Crippen LogP contribution in [-0.4, -0.2) is 42.0 Å². The van der Waals surface area contributed by atoms with Crippen molar-refractivity contribution >= 4 is 5.69 Å². The van der Waals surface area contributed by atoms with Gasteiger partial charge < -0.3 is 5.73 Å². The van der Waals surface area contributed by atoms with Crippen LogP contribution in [-0.2, 0) is 6.54 Å². The quantitative estimate of drug-likeness (QED) is 0.830. The molecule has 1 fully saturated rings. The molecule has 0 saturated carbocycles. The van der Waals surface area contributed by atoms with Crippen molar-refractivity contribution in [3.63, 3.8) is 0 Å². The molecule has 3 heteroatoms. The topological polar surface area (TPSA) is 32.5 Å². The SMILES string of the molecule is CCN1CCN(Cc2cccc(N)c2C)CC1C. The predicted molar refractivity (Wildman–Crippen MR) is 77.6 cm³/mol.